The van der Waals surface area contributed by atoms with Crippen molar-refractivity contribution < 1.29 is 4.79 Å². The van der Waals surface area contributed by atoms with Crippen molar-refractivity contribution in [2.24, 2.45) is 5.92 Å². The molecular weight excluding hydrogens is 164 g/mol. The first-order valence-corrected chi connectivity index (χ1v) is 4.65. The third-order valence-corrected chi connectivity index (χ3v) is 2.54. The molecule has 1 heterocycles. The Balaban J connectivity index is 2.05. The highest BCUT2D eigenvalue weighted by Gasteiger charge is 2.18. The Morgan fingerprint density at radius 1 is 1.54 bits per heavy atom. The number of nitrogens with zero attached hydrogens (tertiary/aromatic N) is 2. The molecule has 3 heteroatoms. The standard InChI is InChI=1S/C10H12N2O/c13-7-9-4-5-11-10(12-9)6-8-2-1-3-8/h4-5,7-8H,1-3,6H2. The quantitative estimate of drug-likeness (QED) is 0.657. The molecule has 0 amide bonds. The van der Waals surface area contributed by atoms with Gasteiger partial charge in [0.05, 0.1) is 0 Å². The zero-order valence-electron chi connectivity index (χ0n) is 7.44. The van der Waals surface area contributed by atoms with Crippen LogP contribution in [0.15, 0.2) is 12.3 Å². The van der Waals surface area contributed by atoms with Gasteiger partial charge in [0, 0.05) is 12.6 Å². The summed E-state index contributed by atoms with van der Waals surface area (Å²) in [5.74, 6) is 1.57. The van der Waals surface area contributed by atoms with E-state index in [0.717, 1.165) is 24.4 Å². The smallest absolute Gasteiger partial charge is 0.168 e. The fourth-order valence-electron chi connectivity index (χ4n) is 1.53. The molecule has 1 aliphatic rings. The first-order valence-electron chi connectivity index (χ1n) is 4.65. The summed E-state index contributed by atoms with van der Waals surface area (Å²) in [5, 5.41) is 0. The predicted molar refractivity (Wildman–Crippen MR) is 48.5 cm³/mol. The maximum atomic E-state index is 10.4. The molecule has 1 aromatic rings. The van der Waals surface area contributed by atoms with Crippen LogP contribution in [-0.2, 0) is 6.42 Å². The molecule has 0 spiro atoms. The molecule has 0 atom stereocenters. The number of carbonyl (C=O) groups excluding carboxylic acids is 1. The highest BCUT2D eigenvalue weighted by atomic mass is 16.1. The van der Waals surface area contributed by atoms with Crippen molar-refractivity contribution in [2.75, 3.05) is 0 Å². The molecule has 1 saturated carbocycles. The fraction of sp³-hybridized carbons (Fsp3) is 0.500. The zero-order valence-corrected chi connectivity index (χ0v) is 7.44. The Bertz CT molecular complexity index is 308. The Labute approximate surface area is 77.2 Å². The van der Waals surface area contributed by atoms with Gasteiger partial charge in [-0.15, -0.1) is 0 Å². The van der Waals surface area contributed by atoms with Gasteiger partial charge in [-0.25, -0.2) is 9.97 Å². The van der Waals surface area contributed by atoms with E-state index in [2.05, 4.69) is 9.97 Å². The molecule has 13 heavy (non-hydrogen) atoms. The largest absolute Gasteiger partial charge is 0.296 e. The molecule has 0 aromatic carbocycles. The molecule has 0 N–H and O–H groups in total. The number of rotatable bonds is 3. The highest BCUT2D eigenvalue weighted by Crippen LogP contribution is 2.28. The molecule has 3 nitrogen and oxygen atoms in total. The summed E-state index contributed by atoms with van der Waals surface area (Å²) in [6, 6.07) is 1.64. The van der Waals surface area contributed by atoms with E-state index >= 15 is 0 Å². The first kappa shape index (κ1) is 8.35. The van der Waals surface area contributed by atoms with Gasteiger partial charge in [-0.1, -0.05) is 19.3 Å². The van der Waals surface area contributed by atoms with Gasteiger partial charge in [-0.3, -0.25) is 4.79 Å². The third-order valence-electron chi connectivity index (χ3n) is 2.54. The minimum Gasteiger partial charge on any atom is -0.296 e. The summed E-state index contributed by atoms with van der Waals surface area (Å²) in [6.07, 6.45) is 7.26. The Morgan fingerprint density at radius 2 is 2.38 bits per heavy atom. The van der Waals surface area contributed by atoms with Crippen LogP contribution in [0.25, 0.3) is 0 Å². The molecule has 1 fully saturated rings. The maximum absolute atomic E-state index is 10.4. The Morgan fingerprint density at radius 3 is 3.00 bits per heavy atom. The number of hydrogen-bond acceptors (Lipinski definition) is 3. The second kappa shape index (κ2) is 3.64. The average Bonchev–Trinajstić information content (AvgIpc) is 2.12. The van der Waals surface area contributed by atoms with Crippen molar-refractivity contribution in [1.82, 2.24) is 9.97 Å². The number of carbonyl (C=O) groups is 1. The second-order valence-electron chi connectivity index (χ2n) is 3.52. The molecule has 0 radical (unpaired) electrons. The van der Waals surface area contributed by atoms with E-state index in [0.29, 0.717) is 5.69 Å². The van der Waals surface area contributed by atoms with Crippen molar-refractivity contribution in [1.29, 1.82) is 0 Å². The summed E-state index contributed by atoms with van der Waals surface area (Å²) >= 11 is 0. The highest BCUT2D eigenvalue weighted by molar-refractivity contribution is 5.71. The molecule has 68 valence electrons. The van der Waals surface area contributed by atoms with Crippen molar-refractivity contribution >= 4 is 6.29 Å². The first-order chi connectivity index (χ1) is 6.38. The SMILES string of the molecule is O=Cc1ccnc(CC2CCC2)n1. The van der Waals surface area contributed by atoms with Gasteiger partial charge in [-0.05, 0) is 12.0 Å². The van der Waals surface area contributed by atoms with Crippen molar-refractivity contribution in [2.45, 2.75) is 25.7 Å². The Hall–Kier alpha value is -1.25. The van der Waals surface area contributed by atoms with Crippen LogP contribution in [0.2, 0.25) is 0 Å². The molecule has 0 bridgehead atoms. The predicted octanol–water partition coefficient (Wildman–Crippen LogP) is 1.63. The summed E-state index contributed by atoms with van der Waals surface area (Å²) in [4.78, 5) is 18.7. The Kier molecular flexibility index (Phi) is 2.34. The number of aromatic nitrogens is 2. The lowest BCUT2D eigenvalue weighted by Crippen LogP contribution is -2.15. The van der Waals surface area contributed by atoms with Crippen LogP contribution in [0.5, 0.6) is 0 Å². The molecule has 0 unspecified atom stereocenters. The van der Waals surface area contributed by atoms with Gasteiger partial charge in [0.25, 0.3) is 0 Å². The van der Waals surface area contributed by atoms with Crippen LogP contribution in [0.3, 0.4) is 0 Å². The summed E-state index contributed by atoms with van der Waals surface area (Å²) in [5.41, 5.74) is 0.490. The maximum Gasteiger partial charge on any atom is 0.168 e. The molecular formula is C10H12N2O. The van der Waals surface area contributed by atoms with Crippen molar-refractivity contribution in [3.05, 3.63) is 23.8 Å². The lowest BCUT2D eigenvalue weighted by Gasteiger charge is -2.24. The molecule has 0 aliphatic heterocycles. The molecule has 0 saturated heterocycles. The average molecular weight is 176 g/mol. The topological polar surface area (TPSA) is 42.9 Å². The van der Waals surface area contributed by atoms with E-state index in [1.807, 2.05) is 0 Å². The van der Waals surface area contributed by atoms with E-state index in [1.54, 1.807) is 12.3 Å². The van der Waals surface area contributed by atoms with Crippen LogP contribution in [0.1, 0.15) is 35.6 Å². The van der Waals surface area contributed by atoms with Crippen LogP contribution in [-0.4, -0.2) is 16.3 Å². The van der Waals surface area contributed by atoms with Crippen molar-refractivity contribution in [3.63, 3.8) is 0 Å². The monoisotopic (exact) mass is 176 g/mol. The lowest BCUT2D eigenvalue weighted by molar-refractivity contribution is 0.111. The van der Waals surface area contributed by atoms with Crippen LogP contribution >= 0.6 is 0 Å². The summed E-state index contributed by atoms with van der Waals surface area (Å²) in [6.45, 7) is 0. The second-order valence-corrected chi connectivity index (χ2v) is 3.52. The molecule has 1 aromatic heterocycles. The van der Waals surface area contributed by atoms with E-state index in [4.69, 9.17) is 0 Å². The van der Waals surface area contributed by atoms with Gasteiger partial charge in [0.2, 0.25) is 0 Å². The van der Waals surface area contributed by atoms with E-state index in [1.165, 1.54) is 19.3 Å². The van der Waals surface area contributed by atoms with Crippen LogP contribution in [0, 0.1) is 5.92 Å². The van der Waals surface area contributed by atoms with Gasteiger partial charge in [0.15, 0.2) is 6.29 Å². The van der Waals surface area contributed by atoms with E-state index in [-0.39, 0.29) is 0 Å². The van der Waals surface area contributed by atoms with Gasteiger partial charge >= 0.3 is 0 Å². The molecule has 1 aliphatic carbocycles. The minimum atomic E-state index is 0.490. The number of aldehydes is 1. The van der Waals surface area contributed by atoms with Crippen LogP contribution in [0.4, 0.5) is 0 Å². The van der Waals surface area contributed by atoms with Gasteiger partial charge in [0.1, 0.15) is 11.5 Å². The zero-order chi connectivity index (χ0) is 9.10. The normalized spacial score (nSPS) is 16.6. The number of hydrogen-bond donors (Lipinski definition) is 0. The lowest BCUT2D eigenvalue weighted by atomic mass is 9.83. The van der Waals surface area contributed by atoms with E-state index in [9.17, 15) is 4.79 Å². The summed E-state index contributed by atoms with van der Waals surface area (Å²) in [7, 11) is 0. The fourth-order valence-corrected chi connectivity index (χ4v) is 1.53. The van der Waals surface area contributed by atoms with Gasteiger partial charge in [-0.2, -0.15) is 0 Å². The van der Waals surface area contributed by atoms with Crippen molar-refractivity contribution in [3.8, 4) is 0 Å². The van der Waals surface area contributed by atoms with Gasteiger partial charge < -0.3 is 0 Å². The molecule has 2 rings (SSSR count). The van der Waals surface area contributed by atoms with E-state index < -0.39 is 0 Å². The third kappa shape index (κ3) is 1.91. The van der Waals surface area contributed by atoms with Crippen LogP contribution < -0.4 is 0 Å². The minimum absolute atomic E-state index is 0.490. The summed E-state index contributed by atoms with van der Waals surface area (Å²) < 4.78 is 0.